The molecule has 72 valence electrons. The van der Waals surface area contributed by atoms with E-state index < -0.39 is 0 Å². The van der Waals surface area contributed by atoms with E-state index in [1.54, 1.807) is 0 Å². The Bertz CT molecular complexity index is 114. The highest BCUT2D eigenvalue weighted by Crippen LogP contribution is 2.30. The molecule has 1 rings (SSSR count). The third-order valence-electron chi connectivity index (χ3n) is 3.13. The van der Waals surface area contributed by atoms with Gasteiger partial charge in [-0.3, -0.25) is 0 Å². The smallest absolute Gasteiger partial charge is 0.0154 e. The monoisotopic (exact) mass is 169 g/mol. The fourth-order valence-corrected chi connectivity index (χ4v) is 2.23. The van der Waals surface area contributed by atoms with E-state index in [-0.39, 0.29) is 5.54 Å². The van der Waals surface area contributed by atoms with Crippen LogP contribution >= 0.6 is 0 Å². The lowest BCUT2D eigenvalue weighted by molar-refractivity contribution is 0.270. The van der Waals surface area contributed by atoms with Crippen molar-refractivity contribution in [1.29, 1.82) is 0 Å². The van der Waals surface area contributed by atoms with Crippen LogP contribution in [0.2, 0.25) is 0 Å². The molecule has 1 saturated carbocycles. The van der Waals surface area contributed by atoms with Gasteiger partial charge >= 0.3 is 0 Å². The van der Waals surface area contributed by atoms with E-state index in [1.807, 2.05) is 0 Å². The lowest BCUT2D eigenvalue weighted by Gasteiger charge is -2.33. The van der Waals surface area contributed by atoms with Crippen molar-refractivity contribution >= 4 is 0 Å². The van der Waals surface area contributed by atoms with Gasteiger partial charge in [-0.2, -0.15) is 0 Å². The zero-order chi connectivity index (χ0) is 8.86. The lowest BCUT2D eigenvalue weighted by atomic mass is 9.79. The van der Waals surface area contributed by atoms with E-state index >= 15 is 0 Å². The average molecular weight is 169 g/mol. The Labute approximate surface area is 76.7 Å². The Morgan fingerprint density at radius 1 is 1.08 bits per heavy atom. The summed E-state index contributed by atoms with van der Waals surface area (Å²) in [4.78, 5) is 0. The van der Waals surface area contributed by atoms with Crippen molar-refractivity contribution in [1.82, 2.24) is 0 Å². The standard InChI is InChI=1S/C11H23N/c1-2-3-5-8-11(12)9-6-4-7-10-11/h2-10,12H2,1H3. The Morgan fingerprint density at radius 2 is 1.75 bits per heavy atom. The van der Waals surface area contributed by atoms with Crippen LogP contribution in [0.4, 0.5) is 0 Å². The topological polar surface area (TPSA) is 26.0 Å². The van der Waals surface area contributed by atoms with Crippen LogP contribution < -0.4 is 5.73 Å². The maximum Gasteiger partial charge on any atom is 0.0154 e. The predicted molar refractivity (Wildman–Crippen MR) is 54.1 cm³/mol. The van der Waals surface area contributed by atoms with Crippen LogP contribution in [-0.2, 0) is 0 Å². The summed E-state index contributed by atoms with van der Waals surface area (Å²) in [6.07, 6.45) is 12.0. The highest BCUT2D eigenvalue weighted by atomic mass is 14.7. The van der Waals surface area contributed by atoms with Gasteiger partial charge in [0.25, 0.3) is 0 Å². The Hall–Kier alpha value is -0.0400. The van der Waals surface area contributed by atoms with Crippen LogP contribution in [0.25, 0.3) is 0 Å². The first-order chi connectivity index (χ1) is 5.77. The molecule has 0 atom stereocenters. The fourth-order valence-electron chi connectivity index (χ4n) is 2.23. The van der Waals surface area contributed by atoms with E-state index in [4.69, 9.17) is 5.73 Å². The fraction of sp³-hybridized carbons (Fsp3) is 1.00. The second-order valence-corrected chi connectivity index (χ2v) is 4.38. The summed E-state index contributed by atoms with van der Waals surface area (Å²) in [5.74, 6) is 0. The molecule has 1 aliphatic carbocycles. The van der Waals surface area contributed by atoms with Crippen molar-refractivity contribution in [3.05, 3.63) is 0 Å². The first-order valence-electron chi connectivity index (χ1n) is 5.56. The van der Waals surface area contributed by atoms with E-state index in [2.05, 4.69) is 6.92 Å². The molecular weight excluding hydrogens is 146 g/mol. The summed E-state index contributed by atoms with van der Waals surface area (Å²) in [6.45, 7) is 2.25. The molecule has 0 aromatic carbocycles. The van der Waals surface area contributed by atoms with E-state index in [9.17, 15) is 0 Å². The number of unbranched alkanes of at least 4 members (excludes halogenated alkanes) is 2. The predicted octanol–water partition coefficient (Wildman–Crippen LogP) is 3.23. The van der Waals surface area contributed by atoms with Crippen molar-refractivity contribution in [2.75, 3.05) is 0 Å². The van der Waals surface area contributed by atoms with E-state index in [0.717, 1.165) is 0 Å². The van der Waals surface area contributed by atoms with Crippen molar-refractivity contribution in [2.24, 2.45) is 5.73 Å². The van der Waals surface area contributed by atoms with Crippen LogP contribution in [0.15, 0.2) is 0 Å². The van der Waals surface area contributed by atoms with Crippen LogP contribution in [0.5, 0.6) is 0 Å². The van der Waals surface area contributed by atoms with Gasteiger partial charge in [0.2, 0.25) is 0 Å². The van der Waals surface area contributed by atoms with Crippen molar-refractivity contribution < 1.29 is 0 Å². The minimum absolute atomic E-state index is 0.230. The summed E-state index contributed by atoms with van der Waals surface area (Å²) in [6, 6.07) is 0. The average Bonchev–Trinajstić information content (AvgIpc) is 2.06. The van der Waals surface area contributed by atoms with Crippen molar-refractivity contribution in [3.8, 4) is 0 Å². The molecule has 2 N–H and O–H groups in total. The van der Waals surface area contributed by atoms with Gasteiger partial charge in [-0.05, 0) is 19.3 Å². The van der Waals surface area contributed by atoms with Gasteiger partial charge in [0, 0.05) is 5.54 Å². The quantitative estimate of drug-likeness (QED) is 0.642. The molecule has 0 aliphatic heterocycles. The van der Waals surface area contributed by atoms with Crippen molar-refractivity contribution in [3.63, 3.8) is 0 Å². The van der Waals surface area contributed by atoms with Gasteiger partial charge in [-0.15, -0.1) is 0 Å². The second kappa shape index (κ2) is 4.86. The molecule has 0 saturated heterocycles. The van der Waals surface area contributed by atoms with Gasteiger partial charge in [0.05, 0.1) is 0 Å². The van der Waals surface area contributed by atoms with Crippen LogP contribution in [0.3, 0.4) is 0 Å². The number of rotatable bonds is 4. The SMILES string of the molecule is CCCCCC1(N)CCCCC1. The third-order valence-corrected chi connectivity index (χ3v) is 3.13. The molecular formula is C11H23N. The molecule has 1 fully saturated rings. The Kier molecular flexibility index (Phi) is 4.07. The van der Waals surface area contributed by atoms with Gasteiger partial charge in [-0.25, -0.2) is 0 Å². The number of hydrogen-bond donors (Lipinski definition) is 1. The number of nitrogens with two attached hydrogens (primary N) is 1. The van der Waals surface area contributed by atoms with E-state index in [0.29, 0.717) is 0 Å². The number of hydrogen-bond acceptors (Lipinski definition) is 1. The van der Waals surface area contributed by atoms with E-state index in [1.165, 1.54) is 57.8 Å². The van der Waals surface area contributed by atoms with Crippen LogP contribution in [0, 0.1) is 0 Å². The molecule has 1 nitrogen and oxygen atoms in total. The molecule has 0 amide bonds. The molecule has 0 spiro atoms. The molecule has 0 bridgehead atoms. The molecule has 0 unspecified atom stereocenters. The summed E-state index contributed by atoms with van der Waals surface area (Å²) < 4.78 is 0. The molecule has 1 heteroatoms. The highest BCUT2D eigenvalue weighted by molar-refractivity contribution is 4.86. The largest absolute Gasteiger partial charge is 0.325 e. The lowest BCUT2D eigenvalue weighted by Crippen LogP contribution is -2.41. The first kappa shape index (κ1) is 10.0. The molecule has 0 aromatic rings. The van der Waals surface area contributed by atoms with Gasteiger partial charge in [-0.1, -0.05) is 45.4 Å². The molecule has 12 heavy (non-hydrogen) atoms. The minimum atomic E-state index is 0.230. The first-order valence-corrected chi connectivity index (χ1v) is 5.56. The second-order valence-electron chi connectivity index (χ2n) is 4.38. The third kappa shape index (κ3) is 3.14. The zero-order valence-electron chi connectivity index (χ0n) is 8.44. The Morgan fingerprint density at radius 3 is 2.33 bits per heavy atom. The maximum atomic E-state index is 6.30. The maximum absolute atomic E-state index is 6.30. The van der Waals surface area contributed by atoms with Crippen LogP contribution in [0.1, 0.15) is 64.7 Å². The van der Waals surface area contributed by atoms with Gasteiger partial charge in [0.1, 0.15) is 0 Å². The normalized spacial score (nSPS) is 22.5. The summed E-state index contributed by atoms with van der Waals surface area (Å²) >= 11 is 0. The molecule has 1 aliphatic rings. The van der Waals surface area contributed by atoms with Gasteiger partial charge in [0.15, 0.2) is 0 Å². The molecule has 0 heterocycles. The highest BCUT2D eigenvalue weighted by Gasteiger charge is 2.26. The van der Waals surface area contributed by atoms with Crippen molar-refractivity contribution in [2.45, 2.75) is 70.3 Å². The Balaban J connectivity index is 2.17. The van der Waals surface area contributed by atoms with Gasteiger partial charge < -0.3 is 5.73 Å². The summed E-state index contributed by atoms with van der Waals surface area (Å²) in [7, 11) is 0. The zero-order valence-corrected chi connectivity index (χ0v) is 8.44. The molecule has 0 aromatic heterocycles. The summed E-state index contributed by atoms with van der Waals surface area (Å²) in [5, 5.41) is 0. The minimum Gasteiger partial charge on any atom is -0.325 e. The van der Waals surface area contributed by atoms with Crippen LogP contribution in [-0.4, -0.2) is 5.54 Å². The summed E-state index contributed by atoms with van der Waals surface area (Å²) in [5.41, 5.74) is 6.53. The molecule has 0 radical (unpaired) electrons.